The molecule has 1 saturated heterocycles. The molecule has 4 N–H and O–H groups in total. The highest BCUT2D eigenvalue weighted by molar-refractivity contribution is 6.40. The number of hydrogen-bond acceptors (Lipinski definition) is 9. The molecule has 9 nitrogen and oxygen atoms in total. The van der Waals surface area contributed by atoms with Crippen molar-refractivity contribution < 1.29 is 9.47 Å². The van der Waals surface area contributed by atoms with E-state index in [9.17, 15) is 0 Å². The number of anilines is 1. The number of aromatic nitrogens is 3. The maximum atomic E-state index is 5.90. The van der Waals surface area contributed by atoms with Gasteiger partial charge in [-0.2, -0.15) is 5.10 Å². The summed E-state index contributed by atoms with van der Waals surface area (Å²) in [7, 11) is 0. The second-order valence-corrected chi connectivity index (χ2v) is 7.30. The number of pyridine rings is 1. The lowest BCUT2D eigenvalue weighted by molar-refractivity contribution is 0.0301. The molecule has 2 aromatic heterocycles. The number of ether oxygens (including phenoxy) is 2. The third kappa shape index (κ3) is 5.01. The molecule has 160 valence electrons. The number of rotatable bonds is 7. The predicted molar refractivity (Wildman–Crippen MR) is 120 cm³/mol. The van der Waals surface area contributed by atoms with E-state index in [2.05, 4.69) is 25.0 Å². The summed E-state index contributed by atoms with van der Waals surface area (Å²) in [6, 6.07) is 11.6. The molecule has 3 aromatic rings. The number of aryl methyl sites for hydroxylation is 1. The summed E-state index contributed by atoms with van der Waals surface area (Å²) in [5.74, 6) is 5.80. The first kappa shape index (κ1) is 20.8. The van der Waals surface area contributed by atoms with Gasteiger partial charge in [0.05, 0.1) is 49.0 Å². The van der Waals surface area contributed by atoms with E-state index in [-0.39, 0.29) is 12.1 Å². The lowest BCUT2D eigenvalue weighted by Gasteiger charge is -2.09. The standard InChI is InChI=1S/C22H25N7O2/c1-14-4-2-7-18-20(14)27-22(23)28-21(18)19(29-24)11-25-10-15-5-3-6-16(26-15)12-31-17-8-9-30-13-17/h2-7,11,17H,8-10,12-13,24H2,1H3,(H2,23,27,28)/t17-/m0/s1. The Hall–Kier alpha value is -3.43. The number of nitrogen functional groups attached to an aromatic ring is 1. The van der Waals surface area contributed by atoms with E-state index in [0.717, 1.165) is 40.9 Å². The zero-order valence-electron chi connectivity index (χ0n) is 17.4. The van der Waals surface area contributed by atoms with Crippen LogP contribution in [0.3, 0.4) is 0 Å². The number of aliphatic imine (C=N–C) groups is 1. The molecule has 1 aliphatic heterocycles. The molecule has 4 rings (SSSR count). The highest BCUT2D eigenvalue weighted by Gasteiger charge is 2.16. The molecule has 1 aromatic carbocycles. The molecule has 0 spiro atoms. The van der Waals surface area contributed by atoms with Gasteiger partial charge in [0, 0.05) is 12.0 Å². The highest BCUT2D eigenvalue weighted by Crippen LogP contribution is 2.20. The Morgan fingerprint density at radius 2 is 2.03 bits per heavy atom. The summed E-state index contributed by atoms with van der Waals surface area (Å²) >= 11 is 0. The molecule has 0 unspecified atom stereocenters. The van der Waals surface area contributed by atoms with Crippen molar-refractivity contribution >= 4 is 28.8 Å². The van der Waals surface area contributed by atoms with Crippen molar-refractivity contribution in [2.45, 2.75) is 32.6 Å². The molecule has 9 heteroatoms. The van der Waals surface area contributed by atoms with Crippen molar-refractivity contribution in [2.75, 3.05) is 18.9 Å². The summed E-state index contributed by atoms with van der Waals surface area (Å²) in [6.45, 7) is 4.19. The van der Waals surface area contributed by atoms with Gasteiger partial charge in [-0.1, -0.05) is 24.3 Å². The Morgan fingerprint density at radius 1 is 1.19 bits per heavy atom. The molecular formula is C22H25N7O2. The number of fused-ring (bicyclic) bond motifs is 1. The molecule has 31 heavy (non-hydrogen) atoms. The van der Waals surface area contributed by atoms with Gasteiger partial charge in [0.2, 0.25) is 5.95 Å². The predicted octanol–water partition coefficient (Wildman–Crippen LogP) is 2.15. The van der Waals surface area contributed by atoms with E-state index in [4.69, 9.17) is 21.1 Å². The molecule has 0 saturated carbocycles. The normalized spacial score (nSPS) is 17.1. The molecular weight excluding hydrogens is 394 g/mol. The topological polar surface area (TPSA) is 134 Å². The van der Waals surface area contributed by atoms with Crippen LogP contribution in [-0.2, 0) is 22.6 Å². The second kappa shape index (κ2) is 9.59. The number of hydrogen-bond donors (Lipinski definition) is 2. The Morgan fingerprint density at radius 3 is 2.84 bits per heavy atom. The van der Waals surface area contributed by atoms with Gasteiger partial charge in [-0.05, 0) is 31.0 Å². The van der Waals surface area contributed by atoms with Crippen LogP contribution in [0.25, 0.3) is 10.9 Å². The van der Waals surface area contributed by atoms with Crippen LogP contribution in [0.1, 0.15) is 29.1 Å². The number of hydrazone groups is 1. The maximum Gasteiger partial charge on any atom is 0.221 e. The van der Waals surface area contributed by atoms with Gasteiger partial charge >= 0.3 is 0 Å². The zero-order valence-corrected chi connectivity index (χ0v) is 17.4. The van der Waals surface area contributed by atoms with Crippen molar-refractivity contribution in [3.8, 4) is 0 Å². The third-order valence-electron chi connectivity index (χ3n) is 5.01. The molecule has 3 heterocycles. The van der Waals surface area contributed by atoms with E-state index in [1.54, 1.807) is 6.21 Å². The summed E-state index contributed by atoms with van der Waals surface area (Å²) in [6.07, 6.45) is 2.66. The maximum absolute atomic E-state index is 5.90. The van der Waals surface area contributed by atoms with Crippen LogP contribution in [0.2, 0.25) is 0 Å². The second-order valence-electron chi connectivity index (χ2n) is 7.30. The van der Waals surface area contributed by atoms with Crippen LogP contribution in [0.5, 0.6) is 0 Å². The van der Waals surface area contributed by atoms with Crippen LogP contribution in [-0.4, -0.2) is 46.2 Å². The van der Waals surface area contributed by atoms with Gasteiger partial charge < -0.3 is 21.1 Å². The number of para-hydroxylation sites is 1. The monoisotopic (exact) mass is 419 g/mol. The summed E-state index contributed by atoms with van der Waals surface area (Å²) in [4.78, 5) is 17.7. The number of nitrogens with zero attached hydrogens (tertiary/aromatic N) is 5. The van der Waals surface area contributed by atoms with Crippen molar-refractivity contribution in [1.82, 2.24) is 15.0 Å². The van der Waals surface area contributed by atoms with Crippen LogP contribution < -0.4 is 11.6 Å². The Bertz CT molecular complexity index is 1120. The Labute approximate surface area is 180 Å². The number of benzene rings is 1. The Balaban J connectivity index is 1.48. The first-order valence-corrected chi connectivity index (χ1v) is 10.1. The van der Waals surface area contributed by atoms with Gasteiger partial charge in [-0.15, -0.1) is 0 Å². The van der Waals surface area contributed by atoms with E-state index in [1.807, 2.05) is 43.3 Å². The third-order valence-corrected chi connectivity index (χ3v) is 5.01. The van der Waals surface area contributed by atoms with Crippen molar-refractivity contribution in [1.29, 1.82) is 0 Å². The molecule has 1 atom stereocenters. The molecule has 0 amide bonds. The van der Waals surface area contributed by atoms with Gasteiger partial charge in [0.1, 0.15) is 11.4 Å². The van der Waals surface area contributed by atoms with Crippen LogP contribution >= 0.6 is 0 Å². The highest BCUT2D eigenvalue weighted by atomic mass is 16.5. The minimum Gasteiger partial charge on any atom is -0.379 e. The largest absolute Gasteiger partial charge is 0.379 e. The van der Waals surface area contributed by atoms with Crippen LogP contribution in [0.15, 0.2) is 46.5 Å². The van der Waals surface area contributed by atoms with Crippen molar-refractivity contribution in [2.24, 2.45) is 15.9 Å². The minimum atomic E-state index is 0.144. The average molecular weight is 419 g/mol. The van der Waals surface area contributed by atoms with E-state index in [1.165, 1.54) is 0 Å². The SMILES string of the molecule is Cc1cccc2c(C(C=NCc3cccc(CO[C@H]4CCOC4)n3)=NN)nc(N)nc12. The molecule has 1 fully saturated rings. The quantitative estimate of drug-likeness (QED) is 0.340. The first-order valence-electron chi connectivity index (χ1n) is 10.1. The van der Waals surface area contributed by atoms with Crippen molar-refractivity contribution in [3.05, 3.63) is 59.0 Å². The fourth-order valence-corrected chi connectivity index (χ4v) is 3.43. The van der Waals surface area contributed by atoms with Crippen molar-refractivity contribution in [3.63, 3.8) is 0 Å². The molecule has 1 aliphatic rings. The number of nitrogens with two attached hydrogens (primary N) is 2. The summed E-state index contributed by atoms with van der Waals surface area (Å²) in [5, 5.41) is 4.69. The lowest BCUT2D eigenvalue weighted by Crippen LogP contribution is -2.13. The van der Waals surface area contributed by atoms with Gasteiger partial charge in [0.25, 0.3) is 0 Å². The summed E-state index contributed by atoms with van der Waals surface area (Å²) < 4.78 is 11.2. The van der Waals surface area contributed by atoms with Gasteiger partial charge in [-0.3, -0.25) is 9.98 Å². The smallest absolute Gasteiger partial charge is 0.221 e. The van der Waals surface area contributed by atoms with Gasteiger partial charge in [-0.25, -0.2) is 9.97 Å². The minimum absolute atomic E-state index is 0.144. The molecule has 0 radical (unpaired) electrons. The van der Waals surface area contributed by atoms with Crippen LogP contribution in [0, 0.1) is 6.92 Å². The van der Waals surface area contributed by atoms with E-state index in [0.29, 0.717) is 31.2 Å². The first-order chi connectivity index (χ1) is 15.1. The zero-order chi connectivity index (χ0) is 21.6. The average Bonchev–Trinajstić information content (AvgIpc) is 3.30. The fraction of sp³-hybridized carbons (Fsp3) is 0.318. The summed E-state index contributed by atoms with van der Waals surface area (Å²) in [5.41, 5.74) is 10.3. The molecule has 0 bridgehead atoms. The lowest BCUT2D eigenvalue weighted by atomic mass is 10.1. The Kier molecular flexibility index (Phi) is 6.44. The van der Waals surface area contributed by atoms with E-state index < -0.39 is 0 Å². The van der Waals surface area contributed by atoms with Crippen LogP contribution in [0.4, 0.5) is 5.95 Å². The van der Waals surface area contributed by atoms with Gasteiger partial charge in [0.15, 0.2) is 0 Å². The fourth-order valence-electron chi connectivity index (χ4n) is 3.43. The van der Waals surface area contributed by atoms with E-state index >= 15 is 0 Å². The molecule has 0 aliphatic carbocycles.